The molecule has 1 rings (SSSR count). The second kappa shape index (κ2) is 5.80. The van der Waals surface area contributed by atoms with E-state index in [0.29, 0.717) is 0 Å². The van der Waals surface area contributed by atoms with Crippen molar-refractivity contribution in [2.75, 3.05) is 0 Å². The van der Waals surface area contributed by atoms with Crippen molar-refractivity contribution in [1.29, 1.82) is 0 Å². The quantitative estimate of drug-likeness (QED) is 0.631. The minimum Gasteiger partial charge on any atom is -0.481 e. The van der Waals surface area contributed by atoms with Gasteiger partial charge in [0.1, 0.15) is 6.04 Å². The molecule has 0 radical (unpaired) electrons. The van der Waals surface area contributed by atoms with Crippen LogP contribution >= 0.6 is 0 Å². The summed E-state index contributed by atoms with van der Waals surface area (Å²) in [6.07, 6.45) is 0.607. The van der Waals surface area contributed by atoms with Crippen molar-refractivity contribution < 1.29 is 24.6 Å². The molecule has 0 aliphatic carbocycles. The van der Waals surface area contributed by atoms with Gasteiger partial charge >= 0.3 is 11.9 Å². The first-order chi connectivity index (χ1) is 8.81. The van der Waals surface area contributed by atoms with Crippen LogP contribution in [0.3, 0.4) is 0 Å². The summed E-state index contributed by atoms with van der Waals surface area (Å²) < 4.78 is 1.24. The molecule has 0 bridgehead atoms. The number of hydrogen-bond donors (Lipinski definition) is 3. The number of carboxylic acids is 2. The van der Waals surface area contributed by atoms with E-state index in [1.54, 1.807) is 0 Å². The normalized spacial score (nSPS) is 11.6. The Morgan fingerprint density at radius 3 is 2.47 bits per heavy atom. The van der Waals surface area contributed by atoms with E-state index in [0.717, 1.165) is 6.07 Å². The van der Waals surface area contributed by atoms with Gasteiger partial charge in [-0.05, 0) is 6.07 Å². The Morgan fingerprint density at radius 1 is 1.37 bits per heavy atom. The van der Waals surface area contributed by atoms with Gasteiger partial charge in [-0.3, -0.25) is 14.4 Å². The van der Waals surface area contributed by atoms with Crippen LogP contribution in [-0.2, 0) is 16.6 Å². The number of aliphatic carboxylic acids is 2. The topological polar surface area (TPSA) is 126 Å². The number of carbonyl (C=O) groups is 3. The first-order valence-corrected chi connectivity index (χ1v) is 5.23. The number of carbonyl (C=O) groups excluding carboxylic acids is 1. The van der Waals surface area contributed by atoms with Crippen molar-refractivity contribution >= 4 is 17.8 Å². The van der Waals surface area contributed by atoms with Gasteiger partial charge in [-0.2, -0.15) is 0 Å². The molecule has 19 heavy (non-hydrogen) atoms. The van der Waals surface area contributed by atoms with Gasteiger partial charge in [0, 0.05) is 24.9 Å². The number of pyridine rings is 1. The van der Waals surface area contributed by atoms with E-state index in [9.17, 15) is 19.2 Å². The molecule has 0 saturated carbocycles. The van der Waals surface area contributed by atoms with Crippen molar-refractivity contribution in [3.63, 3.8) is 0 Å². The van der Waals surface area contributed by atoms with Crippen molar-refractivity contribution in [2.24, 2.45) is 7.05 Å². The van der Waals surface area contributed by atoms with Gasteiger partial charge in [0.05, 0.1) is 6.42 Å². The highest BCUT2D eigenvalue weighted by atomic mass is 16.4. The lowest BCUT2D eigenvalue weighted by Gasteiger charge is -2.12. The number of hydrogen-bond acceptors (Lipinski definition) is 4. The minimum absolute atomic E-state index is 0.0280. The van der Waals surface area contributed by atoms with Crippen LogP contribution in [0, 0.1) is 0 Å². The van der Waals surface area contributed by atoms with E-state index >= 15 is 0 Å². The molecule has 1 amide bonds. The predicted octanol–water partition coefficient (Wildman–Crippen LogP) is -0.957. The van der Waals surface area contributed by atoms with E-state index in [1.807, 2.05) is 5.32 Å². The van der Waals surface area contributed by atoms with Crippen LogP contribution in [0.2, 0.25) is 0 Å². The second-order valence-corrected chi connectivity index (χ2v) is 3.83. The molecule has 3 N–H and O–H groups in total. The number of aryl methyl sites for hydroxylation is 1. The maximum atomic E-state index is 11.7. The molecular weight excluding hydrogens is 256 g/mol. The third-order valence-electron chi connectivity index (χ3n) is 2.35. The summed E-state index contributed by atoms with van der Waals surface area (Å²) in [6, 6.07) is 0.819. The molecule has 0 aromatic carbocycles. The van der Waals surface area contributed by atoms with E-state index in [1.165, 1.54) is 23.9 Å². The zero-order valence-corrected chi connectivity index (χ0v) is 9.99. The standard InChI is InChI=1S/C11H12N2O6/c1-13-3-2-6(4-8(13)14)10(17)12-7(11(18)19)5-9(15)16/h2-4,7H,5H2,1H3,(H,12,17)(H,15,16)(H,18,19)/t7-/m0/s1. The monoisotopic (exact) mass is 268 g/mol. The van der Waals surface area contributed by atoms with Crippen molar-refractivity contribution in [3.05, 3.63) is 34.2 Å². The zero-order chi connectivity index (χ0) is 14.6. The number of rotatable bonds is 5. The molecule has 1 aromatic rings. The van der Waals surface area contributed by atoms with Crippen molar-refractivity contribution in [2.45, 2.75) is 12.5 Å². The summed E-state index contributed by atoms with van der Waals surface area (Å²) in [5.74, 6) is -3.62. The second-order valence-electron chi connectivity index (χ2n) is 3.83. The lowest BCUT2D eigenvalue weighted by Crippen LogP contribution is -2.42. The number of aromatic nitrogens is 1. The summed E-state index contributed by atoms with van der Waals surface area (Å²) in [5.41, 5.74) is -0.461. The number of amides is 1. The summed E-state index contributed by atoms with van der Waals surface area (Å²) in [6.45, 7) is 0. The van der Waals surface area contributed by atoms with E-state index in [-0.39, 0.29) is 5.56 Å². The molecule has 0 fully saturated rings. The lowest BCUT2D eigenvalue weighted by atomic mass is 10.2. The van der Waals surface area contributed by atoms with Gasteiger partial charge in [-0.25, -0.2) is 4.79 Å². The molecule has 0 aliphatic rings. The summed E-state index contributed by atoms with van der Waals surface area (Å²) in [4.78, 5) is 44.2. The molecule has 1 atom stereocenters. The maximum absolute atomic E-state index is 11.7. The van der Waals surface area contributed by atoms with E-state index in [4.69, 9.17) is 10.2 Å². The largest absolute Gasteiger partial charge is 0.481 e. The van der Waals surface area contributed by atoms with Gasteiger partial charge in [-0.15, -0.1) is 0 Å². The van der Waals surface area contributed by atoms with Crippen molar-refractivity contribution in [3.8, 4) is 0 Å². The average Bonchev–Trinajstić information content (AvgIpc) is 2.31. The highest BCUT2D eigenvalue weighted by Crippen LogP contribution is 1.99. The zero-order valence-electron chi connectivity index (χ0n) is 9.99. The molecule has 0 aliphatic heterocycles. The van der Waals surface area contributed by atoms with E-state index < -0.39 is 35.9 Å². The van der Waals surface area contributed by atoms with Crippen LogP contribution in [0.1, 0.15) is 16.8 Å². The molecule has 0 saturated heterocycles. The molecule has 8 heteroatoms. The lowest BCUT2D eigenvalue weighted by molar-refractivity contribution is -0.145. The fourth-order valence-electron chi connectivity index (χ4n) is 1.31. The average molecular weight is 268 g/mol. The first-order valence-electron chi connectivity index (χ1n) is 5.23. The molecule has 8 nitrogen and oxygen atoms in total. The smallest absolute Gasteiger partial charge is 0.326 e. The minimum atomic E-state index is -1.55. The fourth-order valence-corrected chi connectivity index (χ4v) is 1.31. The fraction of sp³-hybridized carbons (Fsp3) is 0.273. The van der Waals surface area contributed by atoms with Crippen LogP contribution in [0.4, 0.5) is 0 Å². The highest BCUT2D eigenvalue weighted by molar-refractivity contribution is 5.97. The Hall–Kier alpha value is -2.64. The van der Waals surface area contributed by atoms with Crippen LogP contribution in [0.25, 0.3) is 0 Å². The van der Waals surface area contributed by atoms with Crippen LogP contribution < -0.4 is 10.9 Å². The summed E-state index contributed by atoms with van der Waals surface area (Å²) in [7, 11) is 1.49. The maximum Gasteiger partial charge on any atom is 0.326 e. The summed E-state index contributed by atoms with van der Waals surface area (Å²) in [5, 5.41) is 19.3. The van der Waals surface area contributed by atoms with Crippen molar-refractivity contribution in [1.82, 2.24) is 9.88 Å². The molecule has 0 spiro atoms. The van der Waals surface area contributed by atoms with Crippen LogP contribution in [0.15, 0.2) is 23.1 Å². The molecular formula is C11H12N2O6. The summed E-state index contributed by atoms with van der Waals surface area (Å²) >= 11 is 0. The van der Waals surface area contributed by atoms with Crippen LogP contribution in [-0.4, -0.2) is 38.7 Å². The number of nitrogens with zero attached hydrogens (tertiary/aromatic N) is 1. The Kier molecular flexibility index (Phi) is 4.41. The third kappa shape index (κ3) is 3.95. The first kappa shape index (κ1) is 14.4. The van der Waals surface area contributed by atoms with Gasteiger partial charge in [0.15, 0.2) is 0 Å². The molecule has 102 valence electrons. The molecule has 1 aromatic heterocycles. The van der Waals surface area contributed by atoms with E-state index in [2.05, 4.69) is 0 Å². The number of nitrogens with one attached hydrogen (secondary N) is 1. The van der Waals surface area contributed by atoms with Gasteiger partial charge in [0.2, 0.25) is 0 Å². The van der Waals surface area contributed by atoms with Gasteiger partial charge in [-0.1, -0.05) is 0 Å². The Labute approximate surface area is 107 Å². The predicted molar refractivity (Wildman–Crippen MR) is 62.8 cm³/mol. The third-order valence-corrected chi connectivity index (χ3v) is 2.35. The Morgan fingerprint density at radius 2 is 2.00 bits per heavy atom. The van der Waals surface area contributed by atoms with Crippen LogP contribution in [0.5, 0.6) is 0 Å². The number of carboxylic acid groups (broad SMARTS) is 2. The molecule has 0 unspecified atom stereocenters. The SMILES string of the molecule is Cn1ccc(C(=O)N[C@@H](CC(=O)O)C(=O)O)cc1=O. The van der Waals surface area contributed by atoms with Gasteiger partial charge < -0.3 is 20.1 Å². The Bertz CT molecular complexity index is 577. The molecule has 1 heterocycles. The van der Waals surface area contributed by atoms with Gasteiger partial charge in [0.25, 0.3) is 11.5 Å². The Balaban J connectivity index is 2.87. The highest BCUT2D eigenvalue weighted by Gasteiger charge is 2.23.